The van der Waals surface area contributed by atoms with Crippen molar-refractivity contribution in [2.75, 3.05) is 17.7 Å². The first-order valence-electron chi connectivity index (χ1n) is 10.7. The number of hydrogen-bond acceptors (Lipinski definition) is 3. The molecule has 0 aliphatic heterocycles. The SMILES string of the molecule is COc1cc(NC(=O)C2(c3ccccc3)CCCC2)ccc1NC(=O)c1cccc(Cl)c1F. The molecule has 0 spiro atoms. The van der Waals surface area contributed by atoms with Crippen LogP contribution in [0.15, 0.2) is 66.7 Å². The second-order valence-corrected chi connectivity index (χ2v) is 8.49. The fourth-order valence-corrected chi connectivity index (χ4v) is 4.55. The van der Waals surface area contributed by atoms with Crippen LogP contribution < -0.4 is 15.4 Å². The normalized spacial score (nSPS) is 14.5. The predicted octanol–water partition coefficient (Wildman–Crippen LogP) is 6.19. The van der Waals surface area contributed by atoms with E-state index >= 15 is 0 Å². The number of carbonyl (C=O) groups excluding carboxylic acids is 2. The lowest BCUT2D eigenvalue weighted by molar-refractivity contribution is -0.121. The molecule has 4 rings (SSSR count). The van der Waals surface area contributed by atoms with Gasteiger partial charge >= 0.3 is 0 Å². The average Bonchev–Trinajstić information content (AvgIpc) is 3.34. The zero-order valence-corrected chi connectivity index (χ0v) is 18.9. The quantitative estimate of drug-likeness (QED) is 0.455. The van der Waals surface area contributed by atoms with Gasteiger partial charge in [-0.15, -0.1) is 0 Å². The summed E-state index contributed by atoms with van der Waals surface area (Å²) >= 11 is 5.78. The minimum atomic E-state index is -0.790. The van der Waals surface area contributed by atoms with E-state index in [1.165, 1.54) is 25.3 Å². The Morgan fingerprint density at radius 1 is 0.970 bits per heavy atom. The van der Waals surface area contributed by atoms with Crippen molar-refractivity contribution in [3.05, 3.63) is 88.7 Å². The highest BCUT2D eigenvalue weighted by Gasteiger charge is 2.42. The third kappa shape index (κ3) is 4.57. The molecule has 0 saturated heterocycles. The van der Waals surface area contributed by atoms with Crippen molar-refractivity contribution in [3.8, 4) is 5.75 Å². The van der Waals surface area contributed by atoms with Gasteiger partial charge in [0.15, 0.2) is 5.82 Å². The van der Waals surface area contributed by atoms with Crippen LogP contribution in [0, 0.1) is 5.82 Å². The third-order valence-corrected chi connectivity index (χ3v) is 6.41. The van der Waals surface area contributed by atoms with E-state index in [0.29, 0.717) is 17.1 Å². The number of hydrogen-bond donors (Lipinski definition) is 2. The highest BCUT2D eigenvalue weighted by Crippen LogP contribution is 2.42. The molecule has 1 aliphatic carbocycles. The Labute approximate surface area is 196 Å². The van der Waals surface area contributed by atoms with Gasteiger partial charge in [-0.25, -0.2) is 4.39 Å². The first-order chi connectivity index (χ1) is 15.9. The number of ether oxygens (including phenoxy) is 1. The summed E-state index contributed by atoms with van der Waals surface area (Å²) in [7, 11) is 1.46. The van der Waals surface area contributed by atoms with Crippen LogP contribution in [0.25, 0.3) is 0 Å². The summed E-state index contributed by atoms with van der Waals surface area (Å²) in [6, 6.07) is 19.0. The number of anilines is 2. The molecular weight excluding hydrogens is 443 g/mol. The Kier molecular flexibility index (Phi) is 6.65. The van der Waals surface area contributed by atoms with Crippen molar-refractivity contribution in [3.63, 3.8) is 0 Å². The summed E-state index contributed by atoms with van der Waals surface area (Å²) < 4.78 is 19.6. The van der Waals surface area contributed by atoms with Crippen molar-refractivity contribution in [1.29, 1.82) is 0 Å². The van der Waals surface area contributed by atoms with Crippen LogP contribution >= 0.6 is 11.6 Å². The van der Waals surface area contributed by atoms with Crippen LogP contribution in [-0.4, -0.2) is 18.9 Å². The molecule has 170 valence electrons. The maximum atomic E-state index is 14.2. The highest BCUT2D eigenvalue weighted by atomic mass is 35.5. The van der Waals surface area contributed by atoms with E-state index < -0.39 is 17.1 Å². The average molecular weight is 467 g/mol. The second-order valence-electron chi connectivity index (χ2n) is 8.08. The van der Waals surface area contributed by atoms with Gasteiger partial charge < -0.3 is 15.4 Å². The Balaban J connectivity index is 1.55. The van der Waals surface area contributed by atoms with E-state index in [2.05, 4.69) is 10.6 Å². The van der Waals surface area contributed by atoms with Gasteiger partial charge in [-0.3, -0.25) is 9.59 Å². The molecule has 1 fully saturated rings. The van der Waals surface area contributed by atoms with Crippen LogP contribution in [0.5, 0.6) is 5.75 Å². The van der Waals surface area contributed by atoms with Crippen molar-refractivity contribution in [1.82, 2.24) is 0 Å². The molecule has 0 bridgehead atoms. The molecule has 0 unspecified atom stereocenters. The molecule has 5 nitrogen and oxygen atoms in total. The molecule has 0 heterocycles. The summed E-state index contributed by atoms with van der Waals surface area (Å²) in [6.07, 6.45) is 3.58. The maximum absolute atomic E-state index is 14.2. The molecule has 0 aromatic heterocycles. The molecule has 3 aromatic rings. The molecular formula is C26H24ClFN2O3. The molecule has 1 saturated carbocycles. The number of halogens is 2. The lowest BCUT2D eigenvalue weighted by Crippen LogP contribution is -2.37. The topological polar surface area (TPSA) is 67.4 Å². The monoisotopic (exact) mass is 466 g/mol. The standard InChI is InChI=1S/C26H24ClFN2O3/c1-33-22-16-18(12-13-21(22)30-24(31)19-10-7-11-20(27)23(19)28)29-25(32)26(14-5-6-15-26)17-8-3-2-4-9-17/h2-4,7-13,16H,5-6,14-15H2,1H3,(H,29,32)(H,30,31). The van der Waals surface area contributed by atoms with E-state index in [4.69, 9.17) is 16.3 Å². The largest absolute Gasteiger partial charge is 0.494 e. The molecule has 0 atom stereocenters. The molecule has 7 heteroatoms. The molecule has 2 amide bonds. The van der Waals surface area contributed by atoms with Crippen LogP contribution in [0.3, 0.4) is 0 Å². The van der Waals surface area contributed by atoms with E-state index in [0.717, 1.165) is 31.2 Å². The second kappa shape index (κ2) is 9.63. The Hall–Kier alpha value is -3.38. The Morgan fingerprint density at radius 2 is 1.70 bits per heavy atom. The summed E-state index contributed by atoms with van der Waals surface area (Å²) in [4.78, 5) is 25.9. The van der Waals surface area contributed by atoms with Gasteiger partial charge in [0.1, 0.15) is 5.75 Å². The zero-order chi connectivity index (χ0) is 23.4. The van der Waals surface area contributed by atoms with Crippen LogP contribution in [0.4, 0.5) is 15.8 Å². The van der Waals surface area contributed by atoms with E-state index in [-0.39, 0.29) is 16.5 Å². The van der Waals surface area contributed by atoms with E-state index in [1.807, 2.05) is 30.3 Å². The first kappa shape index (κ1) is 22.8. The lowest BCUT2D eigenvalue weighted by atomic mass is 9.78. The van der Waals surface area contributed by atoms with Gasteiger partial charge in [0.2, 0.25) is 5.91 Å². The van der Waals surface area contributed by atoms with E-state index in [1.54, 1.807) is 18.2 Å². The predicted molar refractivity (Wildman–Crippen MR) is 128 cm³/mol. The summed E-state index contributed by atoms with van der Waals surface area (Å²) in [5.41, 5.74) is 1.17. The van der Waals surface area contributed by atoms with Gasteiger partial charge in [0.05, 0.1) is 28.8 Å². The van der Waals surface area contributed by atoms with Crippen molar-refractivity contribution in [2.45, 2.75) is 31.1 Å². The molecule has 1 aliphatic rings. The van der Waals surface area contributed by atoms with Crippen molar-refractivity contribution in [2.24, 2.45) is 0 Å². The fourth-order valence-electron chi connectivity index (χ4n) is 4.37. The smallest absolute Gasteiger partial charge is 0.258 e. The van der Waals surface area contributed by atoms with E-state index in [9.17, 15) is 14.0 Å². The molecule has 33 heavy (non-hydrogen) atoms. The molecule has 2 N–H and O–H groups in total. The summed E-state index contributed by atoms with van der Waals surface area (Å²) in [6.45, 7) is 0. The van der Waals surface area contributed by atoms with Crippen molar-refractivity contribution < 1.29 is 18.7 Å². The summed E-state index contributed by atoms with van der Waals surface area (Å²) in [5, 5.41) is 5.52. The van der Waals surface area contributed by atoms with Gasteiger partial charge in [0.25, 0.3) is 5.91 Å². The van der Waals surface area contributed by atoms with Gasteiger partial charge in [-0.1, -0.05) is 60.8 Å². The number of methoxy groups -OCH3 is 1. The molecule has 3 aromatic carbocycles. The number of carbonyl (C=O) groups is 2. The highest BCUT2D eigenvalue weighted by molar-refractivity contribution is 6.31. The third-order valence-electron chi connectivity index (χ3n) is 6.12. The first-order valence-corrected chi connectivity index (χ1v) is 11.1. The minimum Gasteiger partial charge on any atom is -0.494 e. The van der Waals surface area contributed by atoms with Gasteiger partial charge in [-0.2, -0.15) is 0 Å². The molecule has 0 radical (unpaired) electrons. The van der Waals surface area contributed by atoms with Crippen LogP contribution in [0.2, 0.25) is 5.02 Å². The van der Waals surface area contributed by atoms with Gasteiger partial charge in [0, 0.05) is 11.8 Å². The number of rotatable bonds is 6. The van der Waals surface area contributed by atoms with Crippen molar-refractivity contribution >= 4 is 34.8 Å². The number of nitrogens with one attached hydrogen (secondary N) is 2. The fraction of sp³-hybridized carbons (Fsp3) is 0.231. The minimum absolute atomic E-state index is 0.0639. The van der Waals surface area contributed by atoms with Crippen LogP contribution in [-0.2, 0) is 10.2 Å². The maximum Gasteiger partial charge on any atom is 0.258 e. The number of amides is 2. The Bertz CT molecular complexity index is 1180. The summed E-state index contributed by atoms with van der Waals surface area (Å²) in [5.74, 6) is -1.17. The lowest BCUT2D eigenvalue weighted by Gasteiger charge is -2.28. The van der Waals surface area contributed by atoms with Gasteiger partial charge in [-0.05, 0) is 42.7 Å². The van der Waals surface area contributed by atoms with Crippen LogP contribution in [0.1, 0.15) is 41.6 Å². The Morgan fingerprint density at radius 3 is 2.39 bits per heavy atom. The zero-order valence-electron chi connectivity index (χ0n) is 18.2. The number of benzene rings is 3.